The molecule has 4 aromatic carbocycles. The van der Waals surface area contributed by atoms with Crippen LogP contribution in [0.3, 0.4) is 0 Å². The van der Waals surface area contributed by atoms with Crippen molar-refractivity contribution in [1.29, 1.82) is 0 Å². The summed E-state index contributed by atoms with van der Waals surface area (Å²) in [6.45, 7) is 4.52. The van der Waals surface area contributed by atoms with E-state index in [1.165, 1.54) is 20.9 Å². The zero-order valence-electron chi connectivity index (χ0n) is 22.5. The Morgan fingerprint density at radius 3 is 1.88 bits per heavy atom. The van der Waals surface area contributed by atoms with Gasteiger partial charge in [0.15, 0.2) is 16.6 Å². The maximum Gasteiger partial charge on any atom is 0.270 e. The number of ether oxygens (including phenoxy) is 2. The third kappa shape index (κ3) is 5.37. The Hall–Kier alpha value is -4.75. The predicted octanol–water partition coefficient (Wildman–Crippen LogP) is 6.64. The molecular formula is C33H28N2O4S. The van der Waals surface area contributed by atoms with Crippen molar-refractivity contribution in [3.8, 4) is 11.5 Å². The van der Waals surface area contributed by atoms with E-state index in [2.05, 4.69) is 26.0 Å². The van der Waals surface area contributed by atoms with E-state index in [9.17, 15) is 9.59 Å². The minimum Gasteiger partial charge on any atom is -0.493 e. The maximum absolute atomic E-state index is 13.7. The first kappa shape index (κ1) is 26.8. The van der Waals surface area contributed by atoms with Crippen molar-refractivity contribution in [3.63, 3.8) is 0 Å². The van der Waals surface area contributed by atoms with Crippen LogP contribution in [0.25, 0.3) is 6.08 Å². The van der Waals surface area contributed by atoms with Crippen LogP contribution in [-0.2, 0) is 16.2 Å². The third-order valence-electron chi connectivity index (χ3n) is 6.74. The van der Waals surface area contributed by atoms with E-state index < -0.39 is 11.8 Å². The molecule has 6 nitrogen and oxygen atoms in total. The molecule has 0 unspecified atom stereocenters. The molecule has 1 fully saturated rings. The number of carbonyl (C=O) groups excluding carboxylic acids is 2. The summed E-state index contributed by atoms with van der Waals surface area (Å²) in [6, 6.07) is 29.6. The van der Waals surface area contributed by atoms with Gasteiger partial charge >= 0.3 is 0 Å². The molecule has 1 heterocycles. The van der Waals surface area contributed by atoms with Gasteiger partial charge in [0, 0.05) is 0 Å². The second-order valence-corrected chi connectivity index (χ2v) is 9.78. The molecule has 0 saturated carbocycles. The number of amides is 2. The van der Waals surface area contributed by atoms with Crippen LogP contribution < -0.4 is 19.3 Å². The molecule has 0 aromatic heterocycles. The average Bonchev–Trinajstić information content (AvgIpc) is 2.97. The Bertz CT molecular complexity index is 1550. The molecule has 200 valence electrons. The molecule has 0 N–H and O–H groups in total. The molecule has 1 saturated heterocycles. The summed E-state index contributed by atoms with van der Waals surface area (Å²) in [5, 5.41) is 0.0946. The van der Waals surface area contributed by atoms with Crippen LogP contribution in [0, 0.1) is 13.8 Å². The Kier molecular flexibility index (Phi) is 7.75. The van der Waals surface area contributed by atoms with Crippen LogP contribution in [-0.4, -0.2) is 24.0 Å². The lowest BCUT2D eigenvalue weighted by Gasteiger charge is -2.36. The normalized spacial score (nSPS) is 13.5. The minimum atomic E-state index is -0.498. The maximum atomic E-state index is 13.7. The highest BCUT2D eigenvalue weighted by molar-refractivity contribution is 7.81. The number of rotatable bonds is 7. The number of methoxy groups -OCH3 is 1. The molecule has 0 atom stereocenters. The van der Waals surface area contributed by atoms with Crippen molar-refractivity contribution in [3.05, 3.63) is 125 Å². The zero-order valence-corrected chi connectivity index (χ0v) is 23.3. The van der Waals surface area contributed by atoms with Gasteiger partial charge in [-0.2, -0.15) is 0 Å². The monoisotopic (exact) mass is 548 g/mol. The van der Waals surface area contributed by atoms with E-state index in [-0.39, 0.29) is 10.7 Å². The van der Waals surface area contributed by atoms with Gasteiger partial charge in [-0.05, 0) is 90.8 Å². The van der Waals surface area contributed by atoms with Crippen molar-refractivity contribution in [2.45, 2.75) is 20.5 Å². The van der Waals surface area contributed by atoms with Crippen molar-refractivity contribution in [2.24, 2.45) is 0 Å². The number of hydrogen-bond donors (Lipinski definition) is 0. The number of thiocarbonyl (C=S) groups is 1. The Morgan fingerprint density at radius 1 is 0.725 bits per heavy atom. The van der Waals surface area contributed by atoms with Gasteiger partial charge in [-0.15, -0.1) is 0 Å². The van der Waals surface area contributed by atoms with Crippen LogP contribution in [0.2, 0.25) is 0 Å². The molecule has 4 aromatic rings. The second kappa shape index (κ2) is 11.6. The summed E-state index contributed by atoms with van der Waals surface area (Å²) < 4.78 is 11.6. The summed E-state index contributed by atoms with van der Waals surface area (Å²) in [7, 11) is 1.55. The van der Waals surface area contributed by atoms with Crippen LogP contribution in [0.15, 0.2) is 103 Å². The fourth-order valence-electron chi connectivity index (χ4n) is 4.45. The number of para-hydroxylation sites is 2. The van der Waals surface area contributed by atoms with Gasteiger partial charge in [-0.3, -0.25) is 19.4 Å². The fourth-order valence-corrected chi connectivity index (χ4v) is 4.83. The molecule has 2 amide bonds. The Morgan fingerprint density at radius 2 is 1.32 bits per heavy atom. The predicted molar refractivity (Wildman–Crippen MR) is 162 cm³/mol. The van der Waals surface area contributed by atoms with E-state index in [0.717, 1.165) is 5.56 Å². The lowest BCUT2D eigenvalue weighted by Crippen LogP contribution is -2.56. The smallest absolute Gasteiger partial charge is 0.270 e. The number of carbonyl (C=O) groups is 2. The highest BCUT2D eigenvalue weighted by Crippen LogP contribution is 2.33. The lowest BCUT2D eigenvalue weighted by molar-refractivity contribution is -0.120. The standard InChI is InChI=1S/C33H28N2O4S/c1-22-14-15-25(18-23(22)2)21-39-29-17-16-24(20-30(29)38-3)19-28-31(36)34(26-10-6-4-7-11-26)33(40)35(32(28)37)27-12-8-5-9-13-27/h4-20H,21H2,1-3H3. The summed E-state index contributed by atoms with van der Waals surface area (Å²) in [5.74, 6) is 0.0521. The number of hydrogen-bond acceptors (Lipinski definition) is 5. The topological polar surface area (TPSA) is 59.1 Å². The third-order valence-corrected chi connectivity index (χ3v) is 7.11. The van der Waals surface area contributed by atoms with E-state index in [4.69, 9.17) is 21.7 Å². The van der Waals surface area contributed by atoms with Crippen molar-refractivity contribution >= 4 is 46.6 Å². The first-order valence-corrected chi connectivity index (χ1v) is 13.2. The first-order chi connectivity index (χ1) is 19.4. The average molecular weight is 549 g/mol. The van der Waals surface area contributed by atoms with Gasteiger partial charge < -0.3 is 9.47 Å². The largest absolute Gasteiger partial charge is 0.493 e. The second-order valence-electron chi connectivity index (χ2n) is 9.41. The number of benzene rings is 4. The Balaban J connectivity index is 1.49. The van der Waals surface area contributed by atoms with Gasteiger partial charge in [0.05, 0.1) is 18.5 Å². The van der Waals surface area contributed by atoms with E-state index in [0.29, 0.717) is 35.0 Å². The molecule has 0 bridgehead atoms. The zero-order chi connectivity index (χ0) is 28.2. The number of nitrogens with zero attached hydrogens (tertiary/aromatic N) is 2. The van der Waals surface area contributed by atoms with Crippen LogP contribution >= 0.6 is 12.2 Å². The number of aryl methyl sites for hydroxylation is 2. The molecule has 1 aliphatic rings. The van der Waals surface area contributed by atoms with Gasteiger partial charge in [0.2, 0.25) is 0 Å². The molecule has 0 radical (unpaired) electrons. The van der Waals surface area contributed by atoms with E-state index >= 15 is 0 Å². The summed E-state index contributed by atoms with van der Waals surface area (Å²) in [5.41, 5.74) is 5.21. The van der Waals surface area contributed by atoms with E-state index in [1.54, 1.807) is 55.7 Å². The minimum absolute atomic E-state index is 0.0211. The number of anilines is 2. The van der Waals surface area contributed by atoms with Gasteiger partial charge in [-0.25, -0.2) is 0 Å². The highest BCUT2D eigenvalue weighted by atomic mass is 32.1. The van der Waals surface area contributed by atoms with Crippen molar-refractivity contribution < 1.29 is 19.1 Å². The highest BCUT2D eigenvalue weighted by Gasteiger charge is 2.41. The van der Waals surface area contributed by atoms with Crippen LogP contribution in [0.1, 0.15) is 22.3 Å². The molecule has 40 heavy (non-hydrogen) atoms. The van der Waals surface area contributed by atoms with Crippen molar-refractivity contribution in [1.82, 2.24) is 0 Å². The van der Waals surface area contributed by atoms with E-state index in [1.807, 2.05) is 42.5 Å². The molecule has 5 rings (SSSR count). The fraction of sp³-hybridized carbons (Fsp3) is 0.121. The Labute approximate surface area is 239 Å². The van der Waals surface area contributed by atoms with Gasteiger partial charge in [0.1, 0.15) is 12.2 Å². The first-order valence-electron chi connectivity index (χ1n) is 12.8. The molecule has 0 aliphatic carbocycles. The molecule has 7 heteroatoms. The van der Waals surface area contributed by atoms with Crippen LogP contribution in [0.4, 0.5) is 11.4 Å². The van der Waals surface area contributed by atoms with Gasteiger partial charge in [-0.1, -0.05) is 60.7 Å². The van der Waals surface area contributed by atoms with Crippen molar-refractivity contribution in [2.75, 3.05) is 16.9 Å². The van der Waals surface area contributed by atoms with Crippen LogP contribution in [0.5, 0.6) is 11.5 Å². The van der Waals surface area contributed by atoms with Gasteiger partial charge in [0.25, 0.3) is 11.8 Å². The summed E-state index contributed by atoms with van der Waals surface area (Å²) in [4.78, 5) is 30.2. The summed E-state index contributed by atoms with van der Waals surface area (Å²) in [6.07, 6.45) is 1.56. The molecule has 1 aliphatic heterocycles. The SMILES string of the molecule is COc1cc(C=C2C(=O)N(c3ccccc3)C(=S)N(c3ccccc3)C2=O)ccc1OCc1ccc(C)c(C)c1. The molecular weight excluding hydrogens is 520 g/mol. The summed E-state index contributed by atoms with van der Waals surface area (Å²) >= 11 is 5.67. The molecule has 0 spiro atoms. The lowest BCUT2D eigenvalue weighted by atomic mass is 10.0. The quantitative estimate of drug-likeness (QED) is 0.147.